The maximum absolute atomic E-state index is 12.5. The minimum atomic E-state index is -0.0995. The second kappa shape index (κ2) is 8.73. The highest BCUT2D eigenvalue weighted by Gasteiger charge is 2.25. The number of ether oxygens (including phenoxy) is 1. The van der Waals surface area contributed by atoms with Crippen molar-refractivity contribution in [3.05, 3.63) is 75.8 Å². The Balaban J connectivity index is 0.00000225. The summed E-state index contributed by atoms with van der Waals surface area (Å²) in [4.78, 5) is 23.4. The predicted octanol–water partition coefficient (Wildman–Crippen LogP) is 3.50. The number of hydrogen-bond acceptors (Lipinski definition) is 5. The Morgan fingerprint density at radius 1 is 1.14 bits per heavy atom. The van der Waals surface area contributed by atoms with Gasteiger partial charge in [0.1, 0.15) is 6.10 Å². The zero-order valence-corrected chi connectivity index (χ0v) is 16.9. The molecule has 3 aromatic rings. The molecular formula is C20H20Cl2N4O2. The molecule has 0 N–H and O–H groups in total. The Morgan fingerprint density at radius 3 is 2.57 bits per heavy atom. The summed E-state index contributed by atoms with van der Waals surface area (Å²) in [6, 6.07) is 12.9. The maximum atomic E-state index is 12.5. The molecule has 1 saturated heterocycles. The van der Waals surface area contributed by atoms with Gasteiger partial charge in [0.25, 0.3) is 5.56 Å². The van der Waals surface area contributed by atoms with Crippen LogP contribution >= 0.6 is 24.0 Å². The Labute approximate surface area is 174 Å². The van der Waals surface area contributed by atoms with Gasteiger partial charge in [0.15, 0.2) is 0 Å². The average molecular weight is 419 g/mol. The summed E-state index contributed by atoms with van der Waals surface area (Å²) >= 11 is 5.99. The first-order valence-electron chi connectivity index (χ1n) is 8.72. The standard InChI is InChI=1S/C20H19ClN4O2.ClH/c1-24-19(26)12-17(14-6-8-22-9-7-14)23-20(24)25-10-11-27-18(13-25)15-2-4-16(21)5-3-15;/h2-9,12,18H,10-11,13H2,1H3;1H/t18-;/m1./s1. The highest BCUT2D eigenvalue weighted by molar-refractivity contribution is 6.30. The van der Waals surface area contributed by atoms with E-state index in [2.05, 4.69) is 9.88 Å². The second-order valence-corrected chi connectivity index (χ2v) is 6.87. The van der Waals surface area contributed by atoms with Gasteiger partial charge in [-0.05, 0) is 29.8 Å². The van der Waals surface area contributed by atoms with Gasteiger partial charge in [-0.15, -0.1) is 12.4 Å². The van der Waals surface area contributed by atoms with Gasteiger partial charge in [-0.1, -0.05) is 23.7 Å². The second-order valence-electron chi connectivity index (χ2n) is 6.43. The van der Waals surface area contributed by atoms with Gasteiger partial charge in [0, 0.05) is 42.6 Å². The molecule has 1 fully saturated rings. The van der Waals surface area contributed by atoms with E-state index in [-0.39, 0.29) is 24.1 Å². The molecule has 6 nitrogen and oxygen atoms in total. The number of nitrogens with zero attached hydrogens (tertiary/aromatic N) is 4. The van der Waals surface area contributed by atoms with Crippen LogP contribution in [0.2, 0.25) is 5.02 Å². The Bertz CT molecular complexity index is 993. The average Bonchev–Trinajstić information content (AvgIpc) is 2.71. The third-order valence-corrected chi connectivity index (χ3v) is 4.93. The summed E-state index contributed by atoms with van der Waals surface area (Å²) in [7, 11) is 1.74. The van der Waals surface area contributed by atoms with Crippen molar-refractivity contribution in [2.75, 3.05) is 24.6 Å². The van der Waals surface area contributed by atoms with Crippen molar-refractivity contribution in [3.63, 3.8) is 0 Å². The number of anilines is 1. The summed E-state index contributed by atoms with van der Waals surface area (Å²) in [5, 5.41) is 0.695. The first kappa shape index (κ1) is 20.3. The van der Waals surface area contributed by atoms with Crippen LogP contribution in [0.4, 0.5) is 5.95 Å². The molecule has 0 aliphatic carbocycles. The van der Waals surface area contributed by atoms with E-state index in [4.69, 9.17) is 21.3 Å². The minimum absolute atomic E-state index is 0. The van der Waals surface area contributed by atoms with E-state index in [1.807, 2.05) is 36.4 Å². The van der Waals surface area contributed by atoms with Crippen molar-refractivity contribution < 1.29 is 4.74 Å². The van der Waals surface area contributed by atoms with Crippen LogP contribution in [-0.4, -0.2) is 34.2 Å². The Morgan fingerprint density at radius 2 is 1.86 bits per heavy atom. The van der Waals surface area contributed by atoms with Crippen LogP contribution in [0.25, 0.3) is 11.3 Å². The lowest BCUT2D eigenvalue weighted by Gasteiger charge is -2.34. The molecule has 0 amide bonds. The number of rotatable bonds is 3. The van der Waals surface area contributed by atoms with Crippen molar-refractivity contribution in [2.24, 2.45) is 7.05 Å². The topological polar surface area (TPSA) is 60.2 Å². The fourth-order valence-electron chi connectivity index (χ4n) is 3.19. The Kier molecular flexibility index (Phi) is 6.34. The third-order valence-electron chi connectivity index (χ3n) is 4.68. The van der Waals surface area contributed by atoms with Gasteiger partial charge in [-0.2, -0.15) is 0 Å². The highest BCUT2D eigenvalue weighted by atomic mass is 35.5. The molecule has 0 unspecified atom stereocenters. The minimum Gasteiger partial charge on any atom is -0.370 e. The predicted molar refractivity (Wildman–Crippen MR) is 112 cm³/mol. The molecule has 0 saturated carbocycles. The molecule has 1 aliphatic rings. The van der Waals surface area contributed by atoms with Crippen LogP contribution in [0.3, 0.4) is 0 Å². The van der Waals surface area contributed by atoms with Crippen molar-refractivity contribution in [3.8, 4) is 11.3 Å². The van der Waals surface area contributed by atoms with E-state index >= 15 is 0 Å². The van der Waals surface area contributed by atoms with E-state index in [1.54, 1.807) is 30.1 Å². The van der Waals surface area contributed by atoms with Gasteiger partial charge >= 0.3 is 0 Å². The zero-order valence-electron chi connectivity index (χ0n) is 15.3. The number of halogens is 2. The first-order valence-corrected chi connectivity index (χ1v) is 9.10. The van der Waals surface area contributed by atoms with Crippen LogP contribution in [0.5, 0.6) is 0 Å². The summed E-state index contributed by atoms with van der Waals surface area (Å²) < 4.78 is 7.51. The van der Waals surface area contributed by atoms with Gasteiger partial charge in [0.05, 0.1) is 18.8 Å². The first-order chi connectivity index (χ1) is 13.1. The monoisotopic (exact) mass is 418 g/mol. The number of benzene rings is 1. The number of aromatic nitrogens is 3. The highest BCUT2D eigenvalue weighted by Crippen LogP contribution is 2.26. The van der Waals surface area contributed by atoms with Crippen LogP contribution < -0.4 is 10.5 Å². The number of pyridine rings is 1. The lowest BCUT2D eigenvalue weighted by Crippen LogP contribution is -2.41. The summed E-state index contributed by atoms with van der Waals surface area (Å²) in [6.45, 7) is 1.84. The molecule has 3 heterocycles. The lowest BCUT2D eigenvalue weighted by molar-refractivity contribution is 0.0390. The van der Waals surface area contributed by atoms with Crippen LogP contribution in [-0.2, 0) is 11.8 Å². The van der Waals surface area contributed by atoms with Crippen molar-refractivity contribution >= 4 is 30.0 Å². The van der Waals surface area contributed by atoms with E-state index in [0.717, 1.165) is 11.1 Å². The SMILES string of the molecule is Cl.Cn1c(N2CCO[C@@H](c3ccc(Cl)cc3)C2)nc(-c2ccncc2)cc1=O. The molecular weight excluding hydrogens is 399 g/mol. The molecule has 1 aromatic carbocycles. The van der Waals surface area contributed by atoms with Crippen molar-refractivity contribution in [2.45, 2.75) is 6.10 Å². The van der Waals surface area contributed by atoms with Gasteiger partial charge < -0.3 is 9.64 Å². The van der Waals surface area contributed by atoms with Gasteiger partial charge in [0.2, 0.25) is 5.95 Å². The smallest absolute Gasteiger partial charge is 0.255 e. The van der Waals surface area contributed by atoms with Crippen molar-refractivity contribution in [1.29, 1.82) is 0 Å². The molecule has 2 aromatic heterocycles. The third kappa shape index (κ3) is 4.19. The van der Waals surface area contributed by atoms with E-state index in [9.17, 15) is 4.79 Å². The van der Waals surface area contributed by atoms with E-state index in [0.29, 0.717) is 36.4 Å². The Hall–Kier alpha value is -2.41. The van der Waals surface area contributed by atoms with Gasteiger partial charge in [-0.25, -0.2) is 4.98 Å². The van der Waals surface area contributed by atoms with Crippen LogP contribution in [0, 0.1) is 0 Å². The van der Waals surface area contributed by atoms with E-state index < -0.39 is 0 Å². The molecule has 1 aliphatic heterocycles. The summed E-state index contributed by atoms with van der Waals surface area (Å²) in [5.74, 6) is 0.636. The van der Waals surface area contributed by atoms with Gasteiger partial charge in [-0.3, -0.25) is 14.3 Å². The largest absolute Gasteiger partial charge is 0.370 e. The molecule has 146 valence electrons. The number of morpholine rings is 1. The number of hydrogen-bond donors (Lipinski definition) is 0. The van der Waals surface area contributed by atoms with Crippen LogP contribution in [0.15, 0.2) is 59.7 Å². The molecule has 0 spiro atoms. The lowest BCUT2D eigenvalue weighted by atomic mass is 10.1. The summed E-state index contributed by atoms with van der Waals surface area (Å²) in [5.41, 5.74) is 2.47. The fourth-order valence-corrected chi connectivity index (χ4v) is 3.32. The molecule has 8 heteroatoms. The van der Waals surface area contributed by atoms with Crippen LogP contribution in [0.1, 0.15) is 11.7 Å². The van der Waals surface area contributed by atoms with Crippen molar-refractivity contribution in [1.82, 2.24) is 14.5 Å². The zero-order chi connectivity index (χ0) is 18.8. The summed E-state index contributed by atoms with van der Waals surface area (Å²) in [6.07, 6.45) is 3.29. The quantitative estimate of drug-likeness (QED) is 0.651. The molecule has 28 heavy (non-hydrogen) atoms. The molecule has 0 bridgehead atoms. The maximum Gasteiger partial charge on any atom is 0.255 e. The fraction of sp³-hybridized carbons (Fsp3) is 0.250. The molecule has 1 atom stereocenters. The molecule has 4 rings (SSSR count). The van der Waals surface area contributed by atoms with E-state index in [1.165, 1.54) is 0 Å². The molecule has 0 radical (unpaired) electrons. The normalized spacial score (nSPS) is 16.5.